The Balaban J connectivity index is 2.01. The van der Waals surface area contributed by atoms with Gasteiger partial charge in [-0.1, -0.05) is 28.1 Å². The minimum atomic E-state index is 0.107. The van der Waals surface area contributed by atoms with E-state index in [4.69, 9.17) is 14.2 Å². The Morgan fingerprint density at radius 1 is 1.29 bits per heavy atom. The quantitative estimate of drug-likeness (QED) is 0.783. The number of alkyl halides is 1. The lowest BCUT2D eigenvalue weighted by Gasteiger charge is -2.40. The minimum absolute atomic E-state index is 0.107. The lowest BCUT2D eigenvalue weighted by atomic mass is 9.91. The van der Waals surface area contributed by atoms with Gasteiger partial charge >= 0.3 is 0 Å². The minimum Gasteiger partial charge on any atom is -0.493 e. The molecule has 3 nitrogen and oxygen atoms in total. The third-order valence-corrected chi connectivity index (χ3v) is 3.78. The van der Waals surface area contributed by atoms with Gasteiger partial charge in [0.25, 0.3) is 0 Å². The van der Waals surface area contributed by atoms with Crippen molar-refractivity contribution in [3.8, 4) is 11.5 Å². The van der Waals surface area contributed by atoms with Crippen molar-refractivity contribution in [1.29, 1.82) is 0 Å². The van der Waals surface area contributed by atoms with Crippen molar-refractivity contribution in [2.45, 2.75) is 30.4 Å². The van der Waals surface area contributed by atoms with Crippen LogP contribution < -0.4 is 9.47 Å². The van der Waals surface area contributed by atoms with E-state index in [0.29, 0.717) is 11.4 Å². The summed E-state index contributed by atoms with van der Waals surface area (Å²) in [6.45, 7) is 2.71. The molecule has 3 unspecified atom stereocenters. The zero-order valence-corrected chi connectivity index (χ0v) is 11.6. The molecule has 0 aromatic heterocycles. The molecule has 0 aliphatic heterocycles. The van der Waals surface area contributed by atoms with Gasteiger partial charge in [0.05, 0.1) is 7.11 Å². The molecule has 0 amide bonds. The normalized spacial score (nSPS) is 27.4. The van der Waals surface area contributed by atoms with E-state index in [1.165, 1.54) is 0 Å². The van der Waals surface area contributed by atoms with Crippen LogP contribution in [0.5, 0.6) is 11.5 Å². The van der Waals surface area contributed by atoms with Crippen LogP contribution in [0.2, 0.25) is 0 Å². The number of rotatable bonds is 5. The fourth-order valence-electron chi connectivity index (χ4n) is 1.93. The van der Waals surface area contributed by atoms with Crippen molar-refractivity contribution in [1.82, 2.24) is 0 Å². The third-order valence-electron chi connectivity index (χ3n) is 2.89. The molecule has 0 saturated heterocycles. The lowest BCUT2D eigenvalue weighted by Crippen LogP contribution is -2.52. The van der Waals surface area contributed by atoms with E-state index in [1.54, 1.807) is 7.11 Å². The number of methoxy groups -OCH3 is 1. The van der Waals surface area contributed by atoms with E-state index in [2.05, 4.69) is 15.9 Å². The molecule has 94 valence electrons. The SMILES string of the molecule is CCOC1C(Br)CC1Oc1ccccc1OC. The van der Waals surface area contributed by atoms with Crippen LogP contribution in [0.3, 0.4) is 0 Å². The van der Waals surface area contributed by atoms with E-state index < -0.39 is 0 Å². The molecular formula is C13H17BrO3. The maximum Gasteiger partial charge on any atom is 0.161 e. The number of ether oxygens (including phenoxy) is 3. The molecule has 2 rings (SSSR count). The highest BCUT2D eigenvalue weighted by molar-refractivity contribution is 9.09. The van der Waals surface area contributed by atoms with Crippen molar-refractivity contribution < 1.29 is 14.2 Å². The Labute approximate surface area is 110 Å². The Hall–Kier alpha value is -0.740. The van der Waals surface area contributed by atoms with E-state index >= 15 is 0 Å². The number of hydrogen-bond donors (Lipinski definition) is 0. The molecular weight excluding hydrogens is 284 g/mol. The lowest BCUT2D eigenvalue weighted by molar-refractivity contribution is -0.0729. The summed E-state index contributed by atoms with van der Waals surface area (Å²) in [4.78, 5) is 0.391. The molecule has 0 bridgehead atoms. The van der Waals surface area contributed by atoms with E-state index in [1.807, 2.05) is 31.2 Å². The molecule has 1 fully saturated rings. The second-order valence-corrected chi connectivity index (χ2v) is 5.15. The molecule has 0 heterocycles. The summed E-state index contributed by atoms with van der Waals surface area (Å²) in [7, 11) is 1.65. The van der Waals surface area contributed by atoms with Crippen molar-refractivity contribution in [2.24, 2.45) is 0 Å². The molecule has 0 spiro atoms. The molecule has 0 radical (unpaired) electrons. The first-order chi connectivity index (χ1) is 8.26. The monoisotopic (exact) mass is 300 g/mol. The van der Waals surface area contributed by atoms with Crippen LogP contribution in [0.1, 0.15) is 13.3 Å². The maximum absolute atomic E-state index is 5.93. The van der Waals surface area contributed by atoms with Crippen LogP contribution in [-0.2, 0) is 4.74 Å². The molecule has 1 aromatic carbocycles. The van der Waals surface area contributed by atoms with Crippen molar-refractivity contribution in [3.63, 3.8) is 0 Å². The van der Waals surface area contributed by atoms with Crippen LogP contribution in [0.15, 0.2) is 24.3 Å². The summed E-state index contributed by atoms with van der Waals surface area (Å²) < 4.78 is 16.8. The average molecular weight is 301 g/mol. The van der Waals surface area contributed by atoms with Gasteiger partial charge in [-0.3, -0.25) is 0 Å². The summed E-state index contributed by atoms with van der Waals surface area (Å²) in [5.41, 5.74) is 0. The summed E-state index contributed by atoms with van der Waals surface area (Å²) >= 11 is 3.58. The van der Waals surface area contributed by atoms with Crippen molar-refractivity contribution >= 4 is 15.9 Å². The second kappa shape index (κ2) is 5.74. The maximum atomic E-state index is 5.93. The van der Waals surface area contributed by atoms with Crippen LogP contribution in [-0.4, -0.2) is 30.8 Å². The van der Waals surface area contributed by atoms with E-state index in [-0.39, 0.29) is 12.2 Å². The molecule has 3 atom stereocenters. The summed E-state index contributed by atoms with van der Waals surface area (Å²) in [6, 6.07) is 7.69. The predicted octanol–water partition coefficient (Wildman–Crippen LogP) is 3.01. The Morgan fingerprint density at radius 3 is 2.59 bits per heavy atom. The zero-order valence-electron chi connectivity index (χ0n) is 10.1. The fourth-order valence-corrected chi connectivity index (χ4v) is 2.79. The van der Waals surface area contributed by atoms with Crippen LogP contribution in [0.25, 0.3) is 0 Å². The Kier molecular flexibility index (Phi) is 4.29. The molecule has 1 aromatic rings. The van der Waals surface area contributed by atoms with Gasteiger partial charge in [0.15, 0.2) is 11.5 Å². The predicted molar refractivity (Wildman–Crippen MR) is 70.2 cm³/mol. The first-order valence-electron chi connectivity index (χ1n) is 5.81. The summed E-state index contributed by atoms with van der Waals surface area (Å²) in [6.07, 6.45) is 1.20. The van der Waals surface area contributed by atoms with Crippen molar-refractivity contribution in [2.75, 3.05) is 13.7 Å². The average Bonchev–Trinajstić information content (AvgIpc) is 2.36. The van der Waals surface area contributed by atoms with Crippen LogP contribution >= 0.6 is 15.9 Å². The highest BCUT2D eigenvalue weighted by atomic mass is 79.9. The van der Waals surface area contributed by atoms with Gasteiger partial charge in [-0.25, -0.2) is 0 Å². The van der Waals surface area contributed by atoms with Crippen LogP contribution in [0.4, 0.5) is 0 Å². The van der Waals surface area contributed by atoms with Gasteiger partial charge < -0.3 is 14.2 Å². The summed E-state index contributed by atoms with van der Waals surface area (Å²) in [5.74, 6) is 1.55. The van der Waals surface area contributed by atoms with Gasteiger partial charge in [-0.05, 0) is 19.1 Å². The second-order valence-electron chi connectivity index (χ2n) is 3.98. The number of para-hydroxylation sites is 2. The number of benzene rings is 1. The fraction of sp³-hybridized carbons (Fsp3) is 0.538. The molecule has 1 aliphatic rings. The van der Waals surface area contributed by atoms with Gasteiger partial charge in [0, 0.05) is 17.9 Å². The number of hydrogen-bond acceptors (Lipinski definition) is 3. The smallest absolute Gasteiger partial charge is 0.161 e. The standard InChI is InChI=1S/C13H17BrO3/c1-3-16-13-9(14)8-12(13)17-11-7-5-4-6-10(11)15-2/h4-7,9,12-13H,3,8H2,1-2H3. The van der Waals surface area contributed by atoms with Gasteiger partial charge in [0.2, 0.25) is 0 Å². The van der Waals surface area contributed by atoms with Crippen molar-refractivity contribution in [3.05, 3.63) is 24.3 Å². The highest BCUT2D eigenvalue weighted by Gasteiger charge is 2.42. The van der Waals surface area contributed by atoms with E-state index in [9.17, 15) is 0 Å². The molecule has 1 saturated carbocycles. The number of halogens is 1. The molecule has 0 N–H and O–H groups in total. The largest absolute Gasteiger partial charge is 0.493 e. The first kappa shape index (κ1) is 12.7. The Morgan fingerprint density at radius 2 is 2.00 bits per heavy atom. The Bertz CT molecular complexity index is 369. The van der Waals surface area contributed by atoms with Gasteiger partial charge in [-0.2, -0.15) is 0 Å². The highest BCUT2D eigenvalue weighted by Crippen LogP contribution is 2.36. The van der Waals surface area contributed by atoms with Gasteiger partial charge in [0.1, 0.15) is 12.2 Å². The first-order valence-corrected chi connectivity index (χ1v) is 6.73. The molecule has 4 heteroatoms. The van der Waals surface area contributed by atoms with E-state index in [0.717, 1.165) is 17.9 Å². The molecule has 17 heavy (non-hydrogen) atoms. The van der Waals surface area contributed by atoms with Crippen LogP contribution in [0, 0.1) is 0 Å². The van der Waals surface area contributed by atoms with Gasteiger partial charge in [-0.15, -0.1) is 0 Å². The summed E-state index contributed by atoms with van der Waals surface area (Å²) in [5, 5.41) is 0. The third kappa shape index (κ3) is 2.75. The zero-order chi connectivity index (χ0) is 12.3. The molecule has 1 aliphatic carbocycles. The topological polar surface area (TPSA) is 27.7 Å².